The fourth-order valence-corrected chi connectivity index (χ4v) is 6.35. The van der Waals surface area contributed by atoms with E-state index in [1.165, 1.54) is 45.4 Å². The topological polar surface area (TPSA) is 123 Å². The quantitative estimate of drug-likeness (QED) is 0.376. The minimum atomic E-state index is -4.80. The number of hydrogen-bond acceptors (Lipinski definition) is 7. The number of ether oxygens (including phenoxy) is 1. The maximum absolute atomic E-state index is 13.2. The third-order valence-electron chi connectivity index (χ3n) is 6.11. The lowest BCUT2D eigenvalue weighted by Crippen LogP contribution is -2.40. The number of aromatic nitrogens is 5. The van der Waals surface area contributed by atoms with Gasteiger partial charge in [0.2, 0.25) is 10.0 Å². The average molecular weight is 569 g/mol. The van der Waals surface area contributed by atoms with Crippen molar-refractivity contribution in [3.05, 3.63) is 75.3 Å². The second-order valence-electron chi connectivity index (χ2n) is 8.69. The Kier molecular flexibility index (Phi) is 6.88. The first-order chi connectivity index (χ1) is 18.0. The summed E-state index contributed by atoms with van der Waals surface area (Å²) in [6.07, 6.45) is -3.67. The van der Waals surface area contributed by atoms with Gasteiger partial charge < -0.3 is 9.72 Å². The Morgan fingerprint density at radius 2 is 1.87 bits per heavy atom. The zero-order valence-corrected chi connectivity index (χ0v) is 21.1. The molecule has 10 nitrogen and oxygen atoms in total. The smallest absolute Gasteiger partial charge is 0.406 e. The van der Waals surface area contributed by atoms with Crippen LogP contribution >= 0.6 is 11.6 Å². The summed E-state index contributed by atoms with van der Waals surface area (Å²) in [5.41, 5.74) is 0.202. The number of alkyl halides is 3. The van der Waals surface area contributed by atoms with E-state index in [0.29, 0.717) is 30.8 Å². The van der Waals surface area contributed by atoms with Crippen LogP contribution in [0.4, 0.5) is 13.2 Å². The first-order valence-corrected chi connectivity index (χ1v) is 13.3. The minimum absolute atomic E-state index is 0.00755. The molecule has 2 aromatic carbocycles. The lowest BCUT2D eigenvalue weighted by Gasteiger charge is -2.31. The predicted molar refractivity (Wildman–Crippen MR) is 130 cm³/mol. The summed E-state index contributed by atoms with van der Waals surface area (Å²) in [4.78, 5) is 20.0. The number of piperidine rings is 1. The number of nitrogens with zero attached hydrogens (tertiary/aromatic N) is 5. The van der Waals surface area contributed by atoms with Crippen molar-refractivity contribution in [3.63, 3.8) is 0 Å². The van der Waals surface area contributed by atoms with Crippen molar-refractivity contribution in [3.8, 4) is 5.75 Å². The van der Waals surface area contributed by atoms with Crippen LogP contribution in [0.25, 0.3) is 11.2 Å². The number of aromatic amines is 1. The number of benzene rings is 2. The van der Waals surface area contributed by atoms with Gasteiger partial charge in [-0.15, -0.1) is 18.3 Å². The lowest BCUT2D eigenvalue weighted by molar-refractivity contribution is -0.274. The first kappa shape index (κ1) is 26.1. The second-order valence-corrected chi connectivity index (χ2v) is 11.0. The highest BCUT2D eigenvalue weighted by molar-refractivity contribution is 7.89. The molecule has 38 heavy (non-hydrogen) atoms. The highest BCUT2D eigenvalue weighted by atomic mass is 35.5. The van der Waals surface area contributed by atoms with Gasteiger partial charge in [0.25, 0.3) is 5.56 Å². The molecule has 0 unspecified atom stereocenters. The molecule has 0 saturated carbocycles. The van der Waals surface area contributed by atoms with Crippen LogP contribution in [-0.4, -0.2) is 57.1 Å². The van der Waals surface area contributed by atoms with Gasteiger partial charge in [-0.2, -0.15) is 4.31 Å². The highest BCUT2D eigenvalue weighted by Gasteiger charge is 2.34. The number of nitrogens with one attached hydrogen (secondary N) is 1. The van der Waals surface area contributed by atoms with Gasteiger partial charge in [0, 0.05) is 19.0 Å². The predicted octanol–water partition coefficient (Wildman–Crippen LogP) is 3.68. The van der Waals surface area contributed by atoms with E-state index in [9.17, 15) is 26.4 Å². The van der Waals surface area contributed by atoms with E-state index in [1.54, 1.807) is 12.1 Å². The second kappa shape index (κ2) is 10.0. The Morgan fingerprint density at radius 3 is 2.58 bits per heavy atom. The Balaban J connectivity index is 1.40. The monoisotopic (exact) mass is 568 g/mol. The maximum atomic E-state index is 13.2. The molecule has 0 amide bonds. The number of rotatable bonds is 6. The molecule has 1 aliphatic heterocycles. The molecule has 1 saturated heterocycles. The van der Waals surface area contributed by atoms with E-state index < -0.39 is 27.9 Å². The molecule has 1 fully saturated rings. The summed E-state index contributed by atoms with van der Waals surface area (Å²) in [7, 11) is -3.87. The zero-order chi connectivity index (χ0) is 27.1. The molecule has 1 aliphatic rings. The molecule has 3 heterocycles. The van der Waals surface area contributed by atoms with E-state index in [0.717, 1.165) is 0 Å². The van der Waals surface area contributed by atoms with Crippen LogP contribution in [0.2, 0.25) is 5.02 Å². The third-order valence-corrected chi connectivity index (χ3v) is 8.47. The molecular formula is C23H20ClF3N6O4S. The first-order valence-electron chi connectivity index (χ1n) is 11.4. The van der Waals surface area contributed by atoms with Gasteiger partial charge in [0.15, 0.2) is 11.2 Å². The van der Waals surface area contributed by atoms with Crippen molar-refractivity contribution >= 4 is 32.8 Å². The molecule has 0 spiro atoms. The van der Waals surface area contributed by atoms with Crippen molar-refractivity contribution in [1.82, 2.24) is 29.3 Å². The van der Waals surface area contributed by atoms with Crippen LogP contribution in [0.3, 0.4) is 0 Å². The summed E-state index contributed by atoms with van der Waals surface area (Å²) in [6, 6.07) is 11.4. The number of H-pyrrole nitrogens is 1. The van der Waals surface area contributed by atoms with Crippen molar-refractivity contribution < 1.29 is 26.3 Å². The summed E-state index contributed by atoms with van der Waals surface area (Å²) in [5, 5.41) is 7.98. The van der Waals surface area contributed by atoms with E-state index in [-0.39, 0.29) is 39.9 Å². The molecule has 4 aromatic rings. The number of hydrogen-bond donors (Lipinski definition) is 1. The lowest BCUT2D eigenvalue weighted by atomic mass is 9.99. The van der Waals surface area contributed by atoms with E-state index in [2.05, 4.69) is 25.0 Å². The average Bonchev–Trinajstić information content (AvgIpc) is 3.28. The van der Waals surface area contributed by atoms with Crippen LogP contribution in [0.5, 0.6) is 5.75 Å². The van der Waals surface area contributed by atoms with Gasteiger partial charge in [-0.3, -0.25) is 4.79 Å². The molecule has 0 aliphatic carbocycles. The van der Waals surface area contributed by atoms with Crippen LogP contribution in [-0.2, 0) is 16.6 Å². The largest absolute Gasteiger partial charge is 0.573 e. The van der Waals surface area contributed by atoms with Gasteiger partial charge in [-0.05, 0) is 42.7 Å². The molecule has 2 aromatic heterocycles. The van der Waals surface area contributed by atoms with Gasteiger partial charge in [-0.1, -0.05) is 41.1 Å². The van der Waals surface area contributed by atoms with Crippen molar-refractivity contribution in [2.75, 3.05) is 13.1 Å². The summed E-state index contributed by atoms with van der Waals surface area (Å²) in [5.74, 6) is -0.477. The maximum Gasteiger partial charge on any atom is 0.573 e. The van der Waals surface area contributed by atoms with Crippen molar-refractivity contribution in [1.29, 1.82) is 0 Å². The Morgan fingerprint density at radius 1 is 1.13 bits per heavy atom. The van der Waals surface area contributed by atoms with E-state index in [4.69, 9.17) is 11.6 Å². The SMILES string of the molecule is O=c1[nH]c([C@@H]2CCCN(S(=O)(=O)c3ccccc3Cl)C2)nc2c1nnn2Cc1ccc(OC(F)(F)F)cc1. The summed E-state index contributed by atoms with van der Waals surface area (Å²) >= 11 is 6.14. The standard InChI is InChI=1S/C23H20ClF3N6O4S/c24-17-5-1-2-6-18(17)38(35,36)32-11-3-4-15(13-32)20-28-21-19(22(34)29-20)30-31-33(21)12-14-7-9-16(10-8-14)37-23(25,26)27/h1-2,5-10,15H,3-4,11-13H2,(H,28,29,34)/t15-/m1/s1. The van der Waals surface area contributed by atoms with Gasteiger partial charge in [0.05, 0.1) is 11.6 Å². The fourth-order valence-electron chi connectivity index (χ4n) is 4.33. The summed E-state index contributed by atoms with van der Waals surface area (Å²) < 4.78 is 70.3. The molecule has 15 heteroatoms. The molecule has 200 valence electrons. The normalized spacial score (nSPS) is 17.1. The van der Waals surface area contributed by atoms with Crippen molar-refractivity contribution in [2.45, 2.75) is 36.6 Å². The molecule has 5 rings (SSSR count). The van der Waals surface area contributed by atoms with Crippen LogP contribution in [0.15, 0.2) is 58.2 Å². The summed E-state index contributed by atoms with van der Waals surface area (Å²) in [6.45, 7) is 0.463. The van der Waals surface area contributed by atoms with Crippen LogP contribution in [0, 0.1) is 0 Å². The van der Waals surface area contributed by atoms with E-state index >= 15 is 0 Å². The number of halogens is 4. The van der Waals surface area contributed by atoms with E-state index in [1.807, 2.05) is 0 Å². The van der Waals surface area contributed by atoms with Crippen LogP contribution in [0.1, 0.15) is 30.1 Å². The highest BCUT2D eigenvalue weighted by Crippen LogP contribution is 2.31. The number of fused-ring (bicyclic) bond motifs is 1. The Bertz CT molecular complexity index is 1640. The third kappa shape index (κ3) is 5.37. The van der Waals surface area contributed by atoms with Gasteiger partial charge >= 0.3 is 6.36 Å². The van der Waals surface area contributed by atoms with Gasteiger partial charge in [0.1, 0.15) is 16.5 Å². The van der Waals surface area contributed by atoms with Crippen molar-refractivity contribution in [2.24, 2.45) is 0 Å². The van der Waals surface area contributed by atoms with Crippen LogP contribution < -0.4 is 10.3 Å². The molecule has 1 atom stereocenters. The zero-order valence-electron chi connectivity index (χ0n) is 19.5. The van der Waals surface area contributed by atoms with Gasteiger partial charge in [-0.25, -0.2) is 18.1 Å². The molecule has 0 bridgehead atoms. The minimum Gasteiger partial charge on any atom is -0.406 e. The Hall–Kier alpha value is -3.49. The Labute approximate surface area is 219 Å². The molecule has 0 radical (unpaired) electrons. The fraction of sp³-hybridized carbons (Fsp3) is 0.304. The molecule has 1 N–H and O–H groups in total. The number of sulfonamides is 1. The molecular weight excluding hydrogens is 549 g/mol.